The predicted octanol–water partition coefficient (Wildman–Crippen LogP) is 11.1. The minimum atomic E-state index is 0.629. The smallest absolute Gasteiger partial charge is 0.235 e. The number of halogens is 1. The molecular formula is C40H25ClN4. The number of anilines is 2. The molecule has 9 rings (SSSR count). The van der Waals surface area contributed by atoms with E-state index in [0.29, 0.717) is 11.0 Å². The Morgan fingerprint density at radius 3 is 2.02 bits per heavy atom. The molecule has 7 aromatic carbocycles. The Kier molecular flexibility index (Phi) is 5.83. The summed E-state index contributed by atoms with van der Waals surface area (Å²) in [6.45, 7) is 0. The maximum atomic E-state index is 6.74. The van der Waals surface area contributed by atoms with E-state index in [9.17, 15) is 0 Å². The van der Waals surface area contributed by atoms with Crippen LogP contribution in [0, 0.1) is 0 Å². The number of aromatic nitrogens is 3. The molecule has 2 aromatic heterocycles. The molecule has 0 bridgehead atoms. The zero-order chi connectivity index (χ0) is 29.9. The molecular weight excluding hydrogens is 572 g/mol. The number of nitrogens with one attached hydrogen (secondary N) is 1. The fourth-order valence-electron chi connectivity index (χ4n) is 6.45. The molecule has 0 saturated heterocycles. The molecule has 0 aliphatic rings. The monoisotopic (exact) mass is 596 g/mol. The van der Waals surface area contributed by atoms with Crippen LogP contribution in [0.1, 0.15) is 0 Å². The van der Waals surface area contributed by atoms with Gasteiger partial charge in [0.2, 0.25) is 5.95 Å². The first-order valence-electron chi connectivity index (χ1n) is 14.9. The summed E-state index contributed by atoms with van der Waals surface area (Å²) < 4.78 is 2.18. The molecule has 9 aromatic rings. The molecule has 0 aliphatic heterocycles. The van der Waals surface area contributed by atoms with Gasteiger partial charge in [-0.05, 0) is 64.0 Å². The van der Waals surface area contributed by atoms with Crippen LogP contribution in [0.5, 0.6) is 0 Å². The van der Waals surface area contributed by atoms with E-state index < -0.39 is 0 Å². The van der Waals surface area contributed by atoms with E-state index in [-0.39, 0.29) is 0 Å². The Morgan fingerprint density at radius 1 is 0.511 bits per heavy atom. The largest absolute Gasteiger partial charge is 0.354 e. The average Bonchev–Trinajstić information content (AvgIpc) is 3.41. The highest BCUT2D eigenvalue weighted by Crippen LogP contribution is 2.37. The summed E-state index contributed by atoms with van der Waals surface area (Å²) in [5.41, 5.74) is 6.71. The Labute approximate surface area is 264 Å². The van der Waals surface area contributed by atoms with Gasteiger partial charge in [0.15, 0.2) is 0 Å². The van der Waals surface area contributed by atoms with Crippen molar-refractivity contribution in [1.82, 2.24) is 14.5 Å². The van der Waals surface area contributed by atoms with E-state index in [1.54, 1.807) is 0 Å². The van der Waals surface area contributed by atoms with Gasteiger partial charge in [-0.3, -0.25) is 4.57 Å². The summed E-state index contributed by atoms with van der Waals surface area (Å²) in [4.78, 5) is 10.4. The van der Waals surface area contributed by atoms with Gasteiger partial charge in [-0.15, -0.1) is 0 Å². The minimum absolute atomic E-state index is 0.629. The highest BCUT2D eigenvalue weighted by Gasteiger charge is 2.18. The first-order valence-corrected chi connectivity index (χ1v) is 15.3. The molecule has 45 heavy (non-hydrogen) atoms. The maximum absolute atomic E-state index is 6.74. The molecule has 0 unspecified atom stereocenters. The number of benzene rings is 7. The van der Waals surface area contributed by atoms with Crippen LogP contribution in [0.2, 0.25) is 5.02 Å². The van der Waals surface area contributed by atoms with Crippen LogP contribution < -0.4 is 5.32 Å². The van der Waals surface area contributed by atoms with Gasteiger partial charge in [0.05, 0.1) is 33.0 Å². The Hall–Kier alpha value is -5.71. The SMILES string of the molecule is Clc1cc2ccccc2cc1Nc1ccc2c3ccccc3n(-c3nc(-c4ccc5ccccc5c4)c4ccccc4n3)c2c1. The van der Waals surface area contributed by atoms with Crippen LogP contribution in [0.3, 0.4) is 0 Å². The number of nitrogens with zero attached hydrogens (tertiary/aromatic N) is 3. The Balaban J connectivity index is 1.26. The number of fused-ring (bicyclic) bond motifs is 6. The molecule has 1 N–H and O–H groups in total. The number of hydrogen-bond acceptors (Lipinski definition) is 3. The summed E-state index contributed by atoms with van der Waals surface area (Å²) in [6, 6.07) is 50.4. The van der Waals surface area contributed by atoms with Gasteiger partial charge in [0.25, 0.3) is 0 Å². The third-order valence-corrected chi connectivity index (χ3v) is 8.92. The molecule has 5 heteroatoms. The molecule has 0 saturated carbocycles. The van der Waals surface area contributed by atoms with E-state index in [4.69, 9.17) is 21.6 Å². The summed E-state index contributed by atoms with van der Waals surface area (Å²) in [6.07, 6.45) is 0. The van der Waals surface area contributed by atoms with E-state index in [0.717, 1.165) is 66.1 Å². The van der Waals surface area contributed by atoms with Gasteiger partial charge in [0.1, 0.15) is 0 Å². The molecule has 0 atom stereocenters. The van der Waals surface area contributed by atoms with Gasteiger partial charge in [-0.2, -0.15) is 0 Å². The van der Waals surface area contributed by atoms with Crippen LogP contribution in [-0.2, 0) is 0 Å². The van der Waals surface area contributed by atoms with Crippen LogP contribution >= 0.6 is 11.6 Å². The number of hydrogen-bond donors (Lipinski definition) is 1. The van der Waals surface area contributed by atoms with Gasteiger partial charge < -0.3 is 5.32 Å². The second-order valence-corrected chi connectivity index (χ2v) is 11.7. The topological polar surface area (TPSA) is 42.7 Å². The Bertz CT molecular complexity index is 2600. The van der Waals surface area contributed by atoms with Crippen molar-refractivity contribution in [2.24, 2.45) is 0 Å². The van der Waals surface area contributed by atoms with Crippen molar-refractivity contribution in [2.75, 3.05) is 5.32 Å². The highest BCUT2D eigenvalue weighted by molar-refractivity contribution is 6.34. The molecule has 212 valence electrons. The van der Waals surface area contributed by atoms with Crippen molar-refractivity contribution in [2.45, 2.75) is 0 Å². The lowest BCUT2D eigenvalue weighted by Crippen LogP contribution is -2.03. The normalized spacial score (nSPS) is 11.7. The maximum Gasteiger partial charge on any atom is 0.235 e. The molecule has 0 fully saturated rings. The van der Waals surface area contributed by atoms with Gasteiger partial charge >= 0.3 is 0 Å². The lowest BCUT2D eigenvalue weighted by Gasteiger charge is -2.13. The predicted molar refractivity (Wildman–Crippen MR) is 189 cm³/mol. The molecule has 0 spiro atoms. The fourth-order valence-corrected chi connectivity index (χ4v) is 6.67. The lowest BCUT2D eigenvalue weighted by atomic mass is 10.0. The van der Waals surface area contributed by atoms with Crippen molar-refractivity contribution >= 4 is 77.2 Å². The van der Waals surface area contributed by atoms with E-state index >= 15 is 0 Å². The number of rotatable bonds is 4. The van der Waals surface area contributed by atoms with Crippen LogP contribution in [0.25, 0.3) is 71.5 Å². The summed E-state index contributed by atoms with van der Waals surface area (Å²) in [7, 11) is 0. The first-order chi connectivity index (χ1) is 22.2. The average molecular weight is 597 g/mol. The first kappa shape index (κ1) is 25.8. The summed E-state index contributed by atoms with van der Waals surface area (Å²) >= 11 is 6.74. The minimum Gasteiger partial charge on any atom is -0.354 e. The molecule has 2 heterocycles. The second-order valence-electron chi connectivity index (χ2n) is 11.3. The van der Waals surface area contributed by atoms with Crippen molar-refractivity contribution in [3.8, 4) is 17.2 Å². The standard InChI is InChI=1S/C40H25ClN4/c41-34-22-27-11-3-4-12-28(27)23-36(34)42-30-19-20-32-31-13-6-8-16-37(31)45(38(32)24-30)40-43-35-15-7-5-14-33(35)39(44-40)29-18-17-25-9-1-2-10-26(25)21-29/h1-24,42H. The number of para-hydroxylation sites is 2. The molecule has 4 nitrogen and oxygen atoms in total. The highest BCUT2D eigenvalue weighted by atomic mass is 35.5. The Morgan fingerprint density at radius 2 is 1.18 bits per heavy atom. The zero-order valence-corrected chi connectivity index (χ0v) is 24.8. The van der Waals surface area contributed by atoms with Crippen molar-refractivity contribution in [1.29, 1.82) is 0 Å². The van der Waals surface area contributed by atoms with Crippen LogP contribution in [-0.4, -0.2) is 14.5 Å². The van der Waals surface area contributed by atoms with Gasteiger partial charge in [-0.1, -0.05) is 115 Å². The van der Waals surface area contributed by atoms with Gasteiger partial charge in [0, 0.05) is 27.4 Å². The fraction of sp³-hybridized carbons (Fsp3) is 0. The summed E-state index contributed by atoms with van der Waals surface area (Å²) in [5, 5.41) is 12.2. The van der Waals surface area contributed by atoms with Crippen molar-refractivity contribution in [3.05, 3.63) is 151 Å². The lowest BCUT2D eigenvalue weighted by molar-refractivity contribution is 1.01. The van der Waals surface area contributed by atoms with Crippen molar-refractivity contribution < 1.29 is 0 Å². The molecule has 0 radical (unpaired) electrons. The second kappa shape index (κ2) is 10.2. The van der Waals surface area contributed by atoms with E-state index in [2.05, 4.69) is 125 Å². The third-order valence-electron chi connectivity index (χ3n) is 8.60. The van der Waals surface area contributed by atoms with Crippen LogP contribution in [0.15, 0.2) is 146 Å². The molecule has 0 aliphatic carbocycles. The van der Waals surface area contributed by atoms with Crippen molar-refractivity contribution in [3.63, 3.8) is 0 Å². The van der Waals surface area contributed by atoms with Crippen LogP contribution in [0.4, 0.5) is 11.4 Å². The quantitative estimate of drug-likeness (QED) is 0.220. The zero-order valence-electron chi connectivity index (χ0n) is 24.1. The third kappa shape index (κ3) is 4.30. The van der Waals surface area contributed by atoms with E-state index in [1.165, 1.54) is 10.8 Å². The van der Waals surface area contributed by atoms with E-state index in [1.807, 2.05) is 30.3 Å². The van der Waals surface area contributed by atoms with Gasteiger partial charge in [-0.25, -0.2) is 9.97 Å². The summed E-state index contributed by atoms with van der Waals surface area (Å²) in [5.74, 6) is 0.629. The molecule has 0 amide bonds.